The summed E-state index contributed by atoms with van der Waals surface area (Å²) >= 11 is 3.02. The fourth-order valence-electron chi connectivity index (χ4n) is 2.39. The maximum Gasteiger partial charge on any atom is 0.302 e. The molecule has 122 valence electrons. The van der Waals surface area contributed by atoms with Crippen LogP contribution < -0.4 is 0 Å². The molecule has 3 aromatic rings. The number of rotatable bonds is 4. The summed E-state index contributed by atoms with van der Waals surface area (Å²) in [4.78, 5) is 18.5. The molecule has 0 aliphatic carbocycles. The lowest BCUT2D eigenvalue weighted by atomic mass is 9.95. The summed E-state index contributed by atoms with van der Waals surface area (Å²) in [5, 5.41) is 2.95. The van der Waals surface area contributed by atoms with E-state index in [-0.39, 0.29) is 4.47 Å². The highest BCUT2D eigenvalue weighted by atomic mass is 79.9. The maximum atomic E-state index is 14.8. The van der Waals surface area contributed by atoms with Crippen LogP contribution in [0.1, 0.15) is 17.2 Å². The number of aromatic nitrogens is 2. The van der Waals surface area contributed by atoms with Gasteiger partial charge in [-0.25, -0.2) is 4.98 Å². The second kappa shape index (κ2) is 6.27. The van der Waals surface area contributed by atoms with Gasteiger partial charge in [-0.15, -0.1) is 4.91 Å². The lowest BCUT2D eigenvalue weighted by Crippen LogP contribution is -2.23. The summed E-state index contributed by atoms with van der Waals surface area (Å²) in [6.07, 6.45) is 2.65. The van der Waals surface area contributed by atoms with Crippen molar-refractivity contribution in [2.75, 3.05) is 0 Å². The average Bonchev–Trinajstić information content (AvgIpc) is 2.58. The summed E-state index contributed by atoms with van der Waals surface area (Å²) in [6.45, 7) is 0. The molecule has 1 unspecified atom stereocenters. The van der Waals surface area contributed by atoms with Crippen LogP contribution in [0.5, 0.6) is 0 Å². The van der Waals surface area contributed by atoms with E-state index in [1.165, 1.54) is 12.1 Å². The highest BCUT2D eigenvalue weighted by molar-refractivity contribution is 9.10. The fourth-order valence-corrected chi connectivity index (χ4v) is 2.74. The van der Waals surface area contributed by atoms with Gasteiger partial charge >= 0.3 is 5.92 Å². The topological polar surface area (TPSA) is 55.2 Å². The van der Waals surface area contributed by atoms with Gasteiger partial charge in [0.1, 0.15) is 0 Å². The first-order valence-electron chi connectivity index (χ1n) is 6.80. The molecule has 24 heavy (non-hydrogen) atoms. The van der Waals surface area contributed by atoms with Gasteiger partial charge in [-0.3, -0.25) is 4.98 Å². The summed E-state index contributed by atoms with van der Waals surface area (Å²) in [5.74, 6) is -4.88. The maximum absolute atomic E-state index is 14.8. The van der Waals surface area contributed by atoms with Crippen LogP contribution in [0.3, 0.4) is 0 Å². The highest BCUT2D eigenvalue weighted by Crippen LogP contribution is 2.44. The lowest BCUT2D eigenvalue weighted by Gasteiger charge is -2.22. The molecule has 0 fully saturated rings. The molecule has 0 saturated heterocycles. The van der Waals surface area contributed by atoms with Crippen LogP contribution in [0, 0.1) is 10.9 Å². The van der Waals surface area contributed by atoms with Crippen LogP contribution in [-0.4, -0.2) is 9.97 Å². The number of hydrogen-bond acceptors (Lipinski definition) is 4. The molecule has 1 aromatic carbocycles. The molecule has 3 rings (SSSR count). The summed E-state index contributed by atoms with van der Waals surface area (Å²) in [5.41, 5.74) is -0.495. The van der Waals surface area contributed by atoms with Crippen LogP contribution >= 0.6 is 15.9 Å². The van der Waals surface area contributed by atoms with Crippen LogP contribution in [-0.2, 0) is 5.92 Å². The van der Waals surface area contributed by atoms with Crippen LogP contribution in [0.4, 0.5) is 13.2 Å². The molecule has 1 atom stereocenters. The lowest BCUT2D eigenvalue weighted by molar-refractivity contribution is -0.0331. The zero-order valence-corrected chi connectivity index (χ0v) is 13.5. The fraction of sp³-hybridized carbons (Fsp3) is 0.125. The second-order valence-corrected chi connectivity index (χ2v) is 5.99. The molecule has 0 bridgehead atoms. The van der Waals surface area contributed by atoms with Gasteiger partial charge < -0.3 is 0 Å². The minimum absolute atomic E-state index is 0.270. The van der Waals surface area contributed by atoms with Crippen molar-refractivity contribution in [1.29, 1.82) is 0 Å². The van der Waals surface area contributed by atoms with Crippen molar-refractivity contribution in [2.45, 2.75) is 12.0 Å². The van der Waals surface area contributed by atoms with Crippen molar-refractivity contribution in [3.63, 3.8) is 0 Å². The predicted octanol–water partition coefficient (Wildman–Crippen LogP) is 5.13. The van der Waals surface area contributed by atoms with E-state index in [2.05, 4.69) is 31.1 Å². The Balaban J connectivity index is 2.11. The van der Waals surface area contributed by atoms with Crippen molar-refractivity contribution in [1.82, 2.24) is 9.97 Å². The Hall–Kier alpha value is -2.35. The van der Waals surface area contributed by atoms with Gasteiger partial charge in [0.2, 0.25) is 5.95 Å². The zero-order chi connectivity index (χ0) is 17.3. The predicted molar refractivity (Wildman–Crippen MR) is 86.1 cm³/mol. The molecule has 0 radical (unpaired) electrons. The first-order chi connectivity index (χ1) is 11.4. The standard InChI is InChI=1S/C16H9BrF3N3O/c17-11-7-12(15(18)22-8-11)14(23-24)16(19,20)10-3-4-13-9(6-10)2-1-5-21-13/h1-8,14H. The third kappa shape index (κ3) is 2.89. The molecule has 2 aromatic heterocycles. The number of halogens is 4. The molecule has 2 heterocycles. The smallest absolute Gasteiger partial charge is 0.256 e. The van der Waals surface area contributed by atoms with E-state index in [9.17, 15) is 18.1 Å². The van der Waals surface area contributed by atoms with E-state index < -0.39 is 29.0 Å². The van der Waals surface area contributed by atoms with Gasteiger partial charge in [-0.05, 0) is 40.2 Å². The van der Waals surface area contributed by atoms with Crippen LogP contribution in [0.25, 0.3) is 10.9 Å². The van der Waals surface area contributed by atoms with Gasteiger partial charge in [0.05, 0.1) is 5.52 Å². The summed E-state index contributed by atoms with van der Waals surface area (Å²) in [7, 11) is 0. The molecule has 0 aliphatic rings. The highest BCUT2D eigenvalue weighted by Gasteiger charge is 2.45. The van der Waals surface area contributed by atoms with Crippen molar-refractivity contribution in [3.05, 3.63) is 75.2 Å². The van der Waals surface area contributed by atoms with Gasteiger partial charge in [0.25, 0.3) is 0 Å². The summed E-state index contributed by atoms with van der Waals surface area (Å²) in [6, 6.07) is 5.84. The van der Waals surface area contributed by atoms with E-state index in [1.807, 2.05) is 0 Å². The molecule has 0 N–H and O–H groups in total. The molecular formula is C16H9BrF3N3O. The van der Waals surface area contributed by atoms with E-state index in [1.54, 1.807) is 18.3 Å². The minimum Gasteiger partial charge on any atom is -0.256 e. The first kappa shape index (κ1) is 16.5. The Labute approximate surface area is 142 Å². The van der Waals surface area contributed by atoms with Gasteiger partial charge in [0, 0.05) is 33.4 Å². The average molecular weight is 396 g/mol. The molecule has 4 nitrogen and oxygen atoms in total. The van der Waals surface area contributed by atoms with E-state index in [0.717, 1.165) is 18.3 Å². The van der Waals surface area contributed by atoms with Gasteiger partial charge in [0.15, 0.2) is 6.04 Å². The number of pyridine rings is 2. The summed E-state index contributed by atoms with van der Waals surface area (Å²) < 4.78 is 43.7. The van der Waals surface area contributed by atoms with E-state index in [0.29, 0.717) is 10.9 Å². The number of fused-ring (bicyclic) bond motifs is 1. The van der Waals surface area contributed by atoms with E-state index >= 15 is 0 Å². The third-order valence-corrected chi connectivity index (χ3v) is 4.00. The van der Waals surface area contributed by atoms with Crippen molar-refractivity contribution < 1.29 is 13.2 Å². The van der Waals surface area contributed by atoms with E-state index in [4.69, 9.17) is 0 Å². The number of nitrogens with zero attached hydrogens (tertiary/aromatic N) is 3. The quantitative estimate of drug-likeness (QED) is 0.454. The number of nitroso groups, excluding NO2 is 1. The Morgan fingerprint density at radius 3 is 2.71 bits per heavy atom. The van der Waals surface area contributed by atoms with Crippen LogP contribution in [0.2, 0.25) is 0 Å². The number of hydrogen-bond donors (Lipinski definition) is 0. The monoisotopic (exact) mass is 395 g/mol. The second-order valence-electron chi connectivity index (χ2n) is 5.08. The third-order valence-electron chi connectivity index (χ3n) is 3.56. The first-order valence-corrected chi connectivity index (χ1v) is 7.59. The Bertz CT molecular complexity index is 920. The van der Waals surface area contributed by atoms with Crippen molar-refractivity contribution >= 4 is 26.8 Å². The molecule has 0 aliphatic heterocycles. The van der Waals surface area contributed by atoms with Crippen molar-refractivity contribution in [3.8, 4) is 0 Å². The largest absolute Gasteiger partial charge is 0.302 e. The van der Waals surface area contributed by atoms with Gasteiger partial charge in [-0.2, -0.15) is 13.2 Å². The molecule has 8 heteroatoms. The van der Waals surface area contributed by atoms with Crippen molar-refractivity contribution in [2.24, 2.45) is 5.18 Å². The molecule has 0 saturated carbocycles. The van der Waals surface area contributed by atoms with Gasteiger partial charge in [-0.1, -0.05) is 17.3 Å². The Morgan fingerprint density at radius 1 is 1.17 bits per heavy atom. The molecule has 0 amide bonds. The number of benzene rings is 1. The minimum atomic E-state index is -3.71. The SMILES string of the molecule is O=NC(c1cc(Br)cnc1F)C(F)(F)c1ccc2ncccc2c1. The normalized spacial score (nSPS) is 13.0. The Morgan fingerprint density at radius 2 is 1.96 bits per heavy atom. The molecular weight excluding hydrogens is 387 g/mol. The van der Waals surface area contributed by atoms with Crippen LogP contribution in [0.15, 0.2) is 58.4 Å². The Kier molecular flexibility index (Phi) is 4.31. The zero-order valence-electron chi connectivity index (χ0n) is 12.0. The number of alkyl halides is 2. The molecule has 0 spiro atoms.